The smallest absolute Gasteiger partial charge is 0.227 e. The third-order valence-electron chi connectivity index (χ3n) is 3.93. The van der Waals surface area contributed by atoms with E-state index < -0.39 is 6.10 Å². The van der Waals surface area contributed by atoms with Gasteiger partial charge < -0.3 is 14.7 Å². The molecule has 0 aliphatic rings. The molecule has 1 atom stereocenters. The number of benzene rings is 1. The summed E-state index contributed by atoms with van der Waals surface area (Å²) >= 11 is 11.9. The highest BCUT2D eigenvalue weighted by atomic mass is 35.5. The molecule has 2 aromatic rings. The van der Waals surface area contributed by atoms with E-state index in [1.807, 2.05) is 6.92 Å². The number of hydrogen-bond acceptors (Lipinski definition) is 4. The predicted molar refractivity (Wildman–Crippen MR) is 103 cm³/mol. The van der Waals surface area contributed by atoms with Gasteiger partial charge in [0.1, 0.15) is 0 Å². The maximum Gasteiger partial charge on any atom is 0.227 e. The van der Waals surface area contributed by atoms with Crippen LogP contribution in [0.2, 0.25) is 10.0 Å². The van der Waals surface area contributed by atoms with Crippen molar-refractivity contribution in [2.45, 2.75) is 25.9 Å². The van der Waals surface area contributed by atoms with E-state index in [9.17, 15) is 9.90 Å². The maximum absolute atomic E-state index is 12.7. The van der Waals surface area contributed by atoms with Gasteiger partial charge in [-0.1, -0.05) is 36.2 Å². The van der Waals surface area contributed by atoms with E-state index in [2.05, 4.69) is 4.98 Å². The zero-order valence-electron chi connectivity index (χ0n) is 14.8. The minimum absolute atomic E-state index is 0.0780. The highest BCUT2D eigenvalue weighted by Gasteiger charge is 2.19. The second-order valence-electron chi connectivity index (χ2n) is 5.91. The Hall–Kier alpha value is -1.82. The lowest BCUT2D eigenvalue weighted by Gasteiger charge is -2.25. The third-order valence-corrected chi connectivity index (χ3v) is 4.67. The Morgan fingerprint density at radius 1 is 1.27 bits per heavy atom. The molecule has 1 aromatic carbocycles. The van der Waals surface area contributed by atoms with Crippen LogP contribution in [-0.2, 0) is 11.2 Å². The third kappa shape index (κ3) is 5.59. The molecule has 0 saturated carbocycles. The quantitative estimate of drug-likeness (QED) is 0.734. The summed E-state index contributed by atoms with van der Waals surface area (Å²) in [6.07, 6.45) is 1.72. The number of rotatable bonds is 8. The molecule has 0 spiro atoms. The fraction of sp³-hybridized carbons (Fsp3) is 0.368. The summed E-state index contributed by atoms with van der Waals surface area (Å²) < 4.78 is 5.01. The molecule has 0 fully saturated rings. The summed E-state index contributed by atoms with van der Waals surface area (Å²) in [7, 11) is 1.53. The van der Waals surface area contributed by atoms with Crippen LogP contribution in [0.15, 0.2) is 36.5 Å². The van der Waals surface area contributed by atoms with Gasteiger partial charge in [-0.05, 0) is 30.2 Å². The predicted octanol–water partition coefficient (Wildman–Crippen LogP) is 3.91. The Balaban J connectivity index is 2.05. The van der Waals surface area contributed by atoms with Gasteiger partial charge in [0.2, 0.25) is 11.8 Å². The van der Waals surface area contributed by atoms with E-state index >= 15 is 0 Å². The second-order valence-corrected chi connectivity index (χ2v) is 6.73. The molecule has 0 radical (unpaired) electrons. The van der Waals surface area contributed by atoms with Crippen molar-refractivity contribution < 1.29 is 14.6 Å². The molecule has 5 nitrogen and oxygen atoms in total. The van der Waals surface area contributed by atoms with Gasteiger partial charge >= 0.3 is 0 Å². The molecule has 1 amide bonds. The van der Waals surface area contributed by atoms with Crippen molar-refractivity contribution in [1.29, 1.82) is 0 Å². The molecular weight excluding hydrogens is 375 g/mol. The van der Waals surface area contributed by atoms with Crippen LogP contribution in [0.3, 0.4) is 0 Å². The minimum atomic E-state index is -0.822. The SMILES string of the molecule is CCCN(CC(O)c1ccc(OC)nc1)C(=O)Cc1ccc(Cl)c(Cl)c1. The van der Waals surface area contributed by atoms with Crippen molar-refractivity contribution in [1.82, 2.24) is 9.88 Å². The Morgan fingerprint density at radius 2 is 2.04 bits per heavy atom. The molecular formula is C19H22Cl2N2O3. The fourth-order valence-corrected chi connectivity index (χ4v) is 2.87. The molecule has 26 heavy (non-hydrogen) atoms. The van der Waals surface area contributed by atoms with E-state index in [4.69, 9.17) is 27.9 Å². The summed E-state index contributed by atoms with van der Waals surface area (Å²) in [6, 6.07) is 8.56. The van der Waals surface area contributed by atoms with Gasteiger partial charge in [-0.15, -0.1) is 0 Å². The zero-order chi connectivity index (χ0) is 19.1. The monoisotopic (exact) mass is 396 g/mol. The molecule has 0 saturated heterocycles. The van der Waals surface area contributed by atoms with E-state index in [1.54, 1.807) is 41.4 Å². The number of carbonyl (C=O) groups is 1. The molecule has 0 aliphatic heterocycles. The van der Waals surface area contributed by atoms with Gasteiger partial charge in [-0.25, -0.2) is 4.98 Å². The van der Waals surface area contributed by atoms with Gasteiger partial charge in [0.05, 0.1) is 36.2 Å². The largest absolute Gasteiger partial charge is 0.481 e. The standard InChI is InChI=1S/C19H22Cl2N2O3/c1-3-8-23(12-17(24)14-5-7-18(26-2)22-11-14)19(25)10-13-4-6-15(20)16(21)9-13/h4-7,9,11,17,24H,3,8,10,12H2,1-2H3. The van der Waals surface area contributed by atoms with Crippen LogP contribution < -0.4 is 4.74 Å². The van der Waals surface area contributed by atoms with Crippen molar-refractivity contribution in [3.05, 3.63) is 57.7 Å². The average molecular weight is 397 g/mol. The molecule has 1 aromatic heterocycles. The number of hydrogen-bond donors (Lipinski definition) is 1. The van der Waals surface area contributed by atoms with Gasteiger partial charge in [0, 0.05) is 24.4 Å². The average Bonchev–Trinajstić information content (AvgIpc) is 2.64. The van der Waals surface area contributed by atoms with Crippen LogP contribution in [0.1, 0.15) is 30.6 Å². The first-order valence-corrected chi connectivity index (χ1v) is 9.09. The van der Waals surface area contributed by atoms with Crippen LogP contribution in [0.5, 0.6) is 5.88 Å². The minimum Gasteiger partial charge on any atom is -0.481 e. The Kier molecular flexibility index (Phi) is 7.69. The zero-order valence-corrected chi connectivity index (χ0v) is 16.3. The number of aromatic nitrogens is 1. The molecule has 2 rings (SSSR count). The summed E-state index contributed by atoms with van der Waals surface area (Å²) in [4.78, 5) is 18.4. The first kappa shape index (κ1) is 20.5. The summed E-state index contributed by atoms with van der Waals surface area (Å²) in [6.45, 7) is 2.74. The number of aliphatic hydroxyl groups is 1. The van der Waals surface area contributed by atoms with Crippen molar-refractivity contribution >= 4 is 29.1 Å². The summed E-state index contributed by atoms with van der Waals surface area (Å²) in [5, 5.41) is 11.3. The maximum atomic E-state index is 12.7. The van der Waals surface area contributed by atoms with E-state index in [-0.39, 0.29) is 18.9 Å². The van der Waals surface area contributed by atoms with Crippen LogP contribution in [0.4, 0.5) is 0 Å². The van der Waals surface area contributed by atoms with Gasteiger partial charge in [0.25, 0.3) is 0 Å². The van der Waals surface area contributed by atoms with Gasteiger partial charge in [0.15, 0.2) is 0 Å². The van der Waals surface area contributed by atoms with Crippen molar-refractivity contribution in [2.24, 2.45) is 0 Å². The number of pyridine rings is 1. The van der Waals surface area contributed by atoms with E-state index in [1.165, 1.54) is 7.11 Å². The Labute approximate surface area is 163 Å². The van der Waals surface area contributed by atoms with Crippen LogP contribution in [0, 0.1) is 0 Å². The molecule has 1 heterocycles. The molecule has 7 heteroatoms. The highest BCUT2D eigenvalue weighted by molar-refractivity contribution is 6.42. The molecule has 0 aliphatic carbocycles. The van der Waals surface area contributed by atoms with E-state index in [0.717, 1.165) is 12.0 Å². The first-order valence-electron chi connectivity index (χ1n) is 8.34. The molecule has 0 bridgehead atoms. The van der Waals surface area contributed by atoms with Crippen molar-refractivity contribution in [3.63, 3.8) is 0 Å². The Bertz CT molecular complexity index is 738. The van der Waals surface area contributed by atoms with Gasteiger partial charge in [-0.3, -0.25) is 4.79 Å². The number of carbonyl (C=O) groups excluding carboxylic acids is 1. The number of nitrogens with zero attached hydrogens (tertiary/aromatic N) is 2. The molecule has 140 valence electrons. The number of methoxy groups -OCH3 is 1. The van der Waals surface area contributed by atoms with Crippen LogP contribution >= 0.6 is 23.2 Å². The number of amides is 1. The lowest BCUT2D eigenvalue weighted by molar-refractivity contribution is -0.132. The van der Waals surface area contributed by atoms with Crippen LogP contribution in [-0.4, -0.2) is 41.1 Å². The van der Waals surface area contributed by atoms with Crippen LogP contribution in [0.25, 0.3) is 0 Å². The summed E-state index contributed by atoms with van der Waals surface area (Å²) in [5.74, 6) is 0.396. The highest BCUT2D eigenvalue weighted by Crippen LogP contribution is 2.23. The summed E-state index contributed by atoms with van der Waals surface area (Å²) in [5.41, 5.74) is 1.42. The second kappa shape index (κ2) is 9.76. The van der Waals surface area contributed by atoms with Crippen molar-refractivity contribution in [3.8, 4) is 5.88 Å². The van der Waals surface area contributed by atoms with Gasteiger partial charge in [-0.2, -0.15) is 0 Å². The normalized spacial score (nSPS) is 11.9. The lowest BCUT2D eigenvalue weighted by atomic mass is 10.1. The van der Waals surface area contributed by atoms with E-state index in [0.29, 0.717) is 28.0 Å². The fourth-order valence-electron chi connectivity index (χ4n) is 2.55. The lowest BCUT2D eigenvalue weighted by Crippen LogP contribution is -2.36. The first-order chi connectivity index (χ1) is 12.4. The number of ether oxygens (including phenoxy) is 1. The topological polar surface area (TPSA) is 62.7 Å². The molecule has 1 unspecified atom stereocenters. The number of halogens is 2. The van der Waals surface area contributed by atoms with Crippen molar-refractivity contribution in [2.75, 3.05) is 20.2 Å². The Morgan fingerprint density at radius 3 is 2.62 bits per heavy atom. The number of aliphatic hydroxyl groups excluding tert-OH is 1. The molecule has 1 N–H and O–H groups in total.